The highest BCUT2D eigenvalue weighted by molar-refractivity contribution is 6.09. The monoisotopic (exact) mass is 672 g/mol. The van der Waals surface area contributed by atoms with E-state index in [1.54, 1.807) is 17.2 Å². The van der Waals surface area contributed by atoms with Crippen molar-refractivity contribution in [2.75, 3.05) is 45.6 Å². The molecule has 6 rings (SSSR count). The summed E-state index contributed by atoms with van der Waals surface area (Å²) in [6, 6.07) is 5.31. The number of anilines is 1. The lowest BCUT2D eigenvalue weighted by Gasteiger charge is -2.38. The van der Waals surface area contributed by atoms with Crippen LogP contribution in [0, 0.1) is 0 Å². The van der Waals surface area contributed by atoms with Crippen LogP contribution in [-0.4, -0.2) is 120 Å². The summed E-state index contributed by atoms with van der Waals surface area (Å²) in [6.07, 6.45) is 3.25. The van der Waals surface area contributed by atoms with Crippen molar-refractivity contribution in [3.8, 4) is 22.8 Å². The molecule has 0 aliphatic carbocycles. The van der Waals surface area contributed by atoms with Gasteiger partial charge in [-0.1, -0.05) is 0 Å². The number of hydrogen-bond acceptors (Lipinski definition) is 11. The minimum absolute atomic E-state index is 0.00732. The Labute approximate surface area is 271 Å². The van der Waals surface area contributed by atoms with E-state index in [0.717, 1.165) is 6.92 Å². The van der Waals surface area contributed by atoms with Gasteiger partial charge in [-0.25, -0.2) is 18.3 Å². The third kappa shape index (κ3) is 7.52. The second-order valence-electron chi connectivity index (χ2n) is 11.4. The molecule has 1 saturated heterocycles. The van der Waals surface area contributed by atoms with E-state index in [0.29, 0.717) is 26.2 Å². The van der Waals surface area contributed by atoms with E-state index in [4.69, 9.17) is 9.47 Å². The maximum Gasteiger partial charge on any atom is 0.387 e. The lowest BCUT2D eigenvalue weighted by molar-refractivity contribution is -0.0495. The Bertz CT molecular complexity index is 1870. The highest BCUT2D eigenvalue weighted by atomic mass is 19.3. The molecule has 5 heterocycles. The fourth-order valence-corrected chi connectivity index (χ4v) is 5.31. The summed E-state index contributed by atoms with van der Waals surface area (Å²) in [5.74, 6) is -0.608. The highest BCUT2D eigenvalue weighted by Crippen LogP contribution is 2.38. The minimum atomic E-state index is -3.19. The summed E-state index contributed by atoms with van der Waals surface area (Å²) in [5, 5.41) is 24.1. The predicted octanol–water partition coefficient (Wildman–Crippen LogP) is 2.93. The van der Waals surface area contributed by atoms with Gasteiger partial charge in [-0.2, -0.15) is 23.8 Å². The molecule has 1 aliphatic rings. The molecule has 0 saturated carbocycles. The number of carbonyl (C=O) groups is 1. The summed E-state index contributed by atoms with van der Waals surface area (Å²) < 4.78 is 67.5. The van der Waals surface area contributed by atoms with E-state index in [1.165, 1.54) is 50.8 Å². The van der Waals surface area contributed by atoms with Crippen LogP contribution in [0.2, 0.25) is 0 Å². The number of nitrogens with zero attached hydrogens (tertiary/aromatic N) is 11. The average molecular weight is 673 g/mol. The molecule has 1 fully saturated rings. The molecule has 15 nitrogen and oxygen atoms in total. The predicted molar refractivity (Wildman–Crippen MR) is 162 cm³/mol. The second-order valence-corrected chi connectivity index (χ2v) is 11.4. The molecule has 2 atom stereocenters. The maximum atomic E-state index is 14.2. The number of fused-ring (bicyclic) bond motifs is 1. The molecule has 0 radical (unpaired) electrons. The quantitative estimate of drug-likeness (QED) is 0.174. The van der Waals surface area contributed by atoms with Crippen molar-refractivity contribution >= 4 is 17.2 Å². The van der Waals surface area contributed by atoms with Gasteiger partial charge in [-0.3, -0.25) is 14.4 Å². The molecule has 1 aliphatic heterocycles. The molecular formula is C29H32F4N12O3. The van der Waals surface area contributed by atoms with E-state index in [2.05, 4.69) is 35.9 Å². The number of ether oxygens (including phenoxy) is 2. The van der Waals surface area contributed by atoms with Gasteiger partial charge in [0, 0.05) is 51.7 Å². The van der Waals surface area contributed by atoms with Crippen molar-refractivity contribution in [3.05, 3.63) is 60.4 Å². The van der Waals surface area contributed by atoms with Gasteiger partial charge in [0.25, 0.3) is 5.91 Å². The maximum absolute atomic E-state index is 14.2. The van der Waals surface area contributed by atoms with Gasteiger partial charge in [0.1, 0.15) is 35.5 Å². The number of benzene rings is 1. The van der Waals surface area contributed by atoms with Gasteiger partial charge in [-0.15, -0.1) is 10.2 Å². The number of carbonyl (C=O) groups excluding carboxylic acids is 1. The van der Waals surface area contributed by atoms with Crippen LogP contribution in [0.4, 0.5) is 23.2 Å². The first-order chi connectivity index (χ1) is 23.0. The number of nitrogens with one attached hydrogen (secondary N) is 1. The van der Waals surface area contributed by atoms with Crippen LogP contribution in [0.3, 0.4) is 0 Å². The average Bonchev–Trinajstić information content (AvgIpc) is 3.73. The fraction of sp³-hybridized carbons (Fsp3) is 0.414. The second kappa shape index (κ2) is 13.9. The van der Waals surface area contributed by atoms with Gasteiger partial charge in [0.2, 0.25) is 6.36 Å². The lowest BCUT2D eigenvalue weighted by atomic mass is 10.1. The molecule has 1 N–H and O–H groups in total. The van der Waals surface area contributed by atoms with Gasteiger partial charge >= 0.3 is 6.61 Å². The van der Waals surface area contributed by atoms with E-state index in [1.807, 2.05) is 19.0 Å². The number of aromatic nitrogens is 9. The Morgan fingerprint density at radius 1 is 1.15 bits per heavy atom. The van der Waals surface area contributed by atoms with Gasteiger partial charge in [0.05, 0.1) is 23.5 Å². The topological polar surface area (TPSA) is 146 Å². The van der Waals surface area contributed by atoms with Crippen LogP contribution in [0.1, 0.15) is 29.1 Å². The Kier molecular flexibility index (Phi) is 9.49. The number of alkyl halides is 4. The van der Waals surface area contributed by atoms with E-state index in [-0.39, 0.29) is 58.1 Å². The van der Waals surface area contributed by atoms with Crippen molar-refractivity contribution in [3.63, 3.8) is 0 Å². The first kappa shape index (κ1) is 32.8. The van der Waals surface area contributed by atoms with E-state index >= 15 is 0 Å². The SMILES string of the molecule is CC(F)Oc1ccc(OC(F)F)c(-c2nn(Cc3nnn(C4CN(CC(F)CN(C)C)C4)n3)cc2NC(=O)c2cnn3cccnc23)c1. The molecule has 1 amide bonds. The first-order valence-electron chi connectivity index (χ1n) is 14.9. The normalized spacial score (nSPS) is 15.2. The van der Waals surface area contributed by atoms with Gasteiger partial charge < -0.3 is 19.7 Å². The lowest BCUT2D eigenvalue weighted by Crippen LogP contribution is -2.51. The van der Waals surface area contributed by atoms with Crippen molar-refractivity contribution in [1.82, 2.24) is 54.4 Å². The number of hydrogen-bond donors (Lipinski definition) is 1. The van der Waals surface area contributed by atoms with Crippen LogP contribution in [0.5, 0.6) is 11.5 Å². The molecule has 254 valence electrons. The van der Waals surface area contributed by atoms with Crippen LogP contribution < -0.4 is 14.8 Å². The first-order valence-corrected chi connectivity index (χ1v) is 14.9. The third-order valence-electron chi connectivity index (χ3n) is 7.31. The largest absolute Gasteiger partial charge is 0.461 e. The zero-order valence-electron chi connectivity index (χ0n) is 26.1. The van der Waals surface area contributed by atoms with Crippen molar-refractivity contribution < 1.29 is 31.8 Å². The Morgan fingerprint density at radius 3 is 2.71 bits per heavy atom. The fourth-order valence-electron chi connectivity index (χ4n) is 5.31. The van der Waals surface area contributed by atoms with Gasteiger partial charge in [-0.05, 0) is 43.6 Å². The van der Waals surface area contributed by atoms with Crippen LogP contribution in [-0.2, 0) is 6.54 Å². The molecule has 0 bridgehead atoms. The van der Waals surface area contributed by atoms with Gasteiger partial charge in [0.15, 0.2) is 11.5 Å². The Hall–Kier alpha value is -5.17. The summed E-state index contributed by atoms with van der Waals surface area (Å²) in [7, 11) is 3.64. The van der Waals surface area contributed by atoms with Crippen molar-refractivity contribution in [2.24, 2.45) is 0 Å². The molecule has 48 heavy (non-hydrogen) atoms. The van der Waals surface area contributed by atoms with Crippen LogP contribution >= 0.6 is 0 Å². The standard InChI is InChI=1S/C29H32F4N12O3/c1-17(30)47-20-5-6-24(48-29(32)33)21(9-20)26-23(36-28(46)22-10-35-44-8-4-7-34-27(22)44)15-43(39-26)16-25-37-40-45(38-25)19-13-42(14-19)12-18(31)11-41(2)3/h4-10,15,17-19,29H,11-14,16H2,1-3H3,(H,36,46). The van der Waals surface area contributed by atoms with Crippen LogP contribution in [0.25, 0.3) is 16.9 Å². The number of likely N-dealkylation sites (tertiary alicyclic amines) is 1. The van der Waals surface area contributed by atoms with E-state index < -0.39 is 25.0 Å². The number of amides is 1. The number of rotatable bonds is 14. The van der Waals surface area contributed by atoms with Crippen molar-refractivity contribution in [1.29, 1.82) is 0 Å². The molecule has 5 aromatic rings. The van der Waals surface area contributed by atoms with Crippen molar-refractivity contribution in [2.45, 2.75) is 38.7 Å². The van der Waals surface area contributed by atoms with Crippen LogP contribution in [0.15, 0.2) is 49.1 Å². The summed E-state index contributed by atoms with van der Waals surface area (Å²) in [4.78, 5) is 22.9. The smallest absolute Gasteiger partial charge is 0.387 e. The zero-order chi connectivity index (χ0) is 33.9. The summed E-state index contributed by atoms with van der Waals surface area (Å²) >= 11 is 0. The summed E-state index contributed by atoms with van der Waals surface area (Å²) in [6.45, 7) is -0.279. The summed E-state index contributed by atoms with van der Waals surface area (Å²) in [5.41, 5.74) is 0.531. The number of halogens is 4. The molecule has 19 heteroatoms. The molecule has 4 aromatic heterocycles. The molecular weight excluding hydrogens is 640 g/mol. The Morgan fingerprint density at radius 2 is 1.96 bits per heavy atom. The molecule has 1 aromatic carbocycles. The molecule has 0 spiro atoms. The highest BCUT2D eigenvalue weighted by Gasteiger charge is 2.32. The third-order valence-corrected chi connectivity index (χ3v) is 7.31. The van der Waals surface area contributed by atoms with E-state index in [9.17, 15) is 22.4 Å². The number of tetrazole rings is 1. The minimum Gasteiger partial charge on any atom is -0.461 e. The Balaban J connectivity index is 1.27. The molecule has 2 unspecified atom stereocenters. The zero-order valence-corrected chi connectivity index (χ0v) is 26.1.